The average Bonchev–Trinajstić information content (AvgIpc) is 3.62. The van der Waals surface area contributed by atoms with Gasteiger partial charge in [-0.05, 0) is 42.5 Å². The smallest absolute Gasteiger partial charge is 0.301 e. The van der Waals surface area contributed by atoms with Crippen molar-refractivity contribution >= 4 is 33.9 Å². The summed E-state index contributed by atoms with van der Waals surface area (Å²) in [5.41, 5.74) is 4.07. The Morgan fingerprint density at radius 1 is 0.941 bits per heavy atom. The lowest BCUT2D eigenvalue weighted by atomic mass is 10.2. The van der Waals surface area contributed by atoms with Gasteiger partial charge in [0.1, 0.15) is 23.0 Å². The number of anilines is 3. The fourth-order valence-electron chi connectivity index (χ4n) is 4.59. The quantitative estimate of drug-likeness (QED) is 0.300. The van der Waals surface area contributed by atoms with Crippen LogP contribution in [0.2, 0.25) is 0 Å². The minimum absolute atomic E-state index is 0.539. The second-order valence-electron chi connectivity index (χ2n) is 8.35. The standard InChI is InChI=1S/C27H20N4O3/c1-29-17-31(24-23-11-13-32-27(23)34-26(24)29)19-8-5-10-22(15-19)33-21-9-4-6-18(14-21)25-28-16-20-7-2-3-12-30(20)25/h2-16H,17H2,1H3. The molecule has 0 bridgehead atoms. The predicted octanol–water partition coefficient (Wildman–Crippen LogP) is 6.68. The van der Waals surface area contributed by atoms with E-state index in [2.05, 4.69) is 25.3 Å². The number of fused-ring (bicyclic) bond motifs is 4. The van der Waals surface area contributed by atoms with Crippen molar-refractivity contribution in [1.82, 2.24) is 9.38 Å². The van der Waals surface area contributed by atoms with Crippen molar-refractivity contribution in [3.05, 3.63) is 91.5 Å². The van der Waals surface area contributed by atoms with Crippen molar-refractivity contribution in [2.24, 2.45) is 0 Å². The Balaban J connectivity index is 1.21. The monoisotopic (exact) mass is 448 g/mol. The molecule has 0 spiro atoms. The van der Waals surface area contributed by atoms with Gasteiger partial charge in [0.25, 0.3) is 0 Å². The summed E-state index contributed by atoms with van der Waals surface area (Å²) in [6.45, 7) is 0.682. The van der Waals surface area contributed by atoms with Crippen LogP contribution in [0.1, 0.15) is 0 Å². The fourth-order valence-corrected chi connectivity index (χ4v) is 4.59. The van der Waals surface area contributed by atoms with Crippen LogP contribution in [0.25, 0.3) is 28.1 Å². The molecule has 0 atom stereocenters. The topological polar surface area (TPSA) is 59.3 Å². The van der Waals surface area contributed by atoms with Crippen molar-refractivity contribution in [1.29, 1.82) is 0 Å². The molecular formula is C27H20N4O3. The first-order valence-corrected chi connectivity index (χ1v) is 11.0. The highest BCUT2D eigenvalue weighted by Gasteiger charge is 2.32. The van der Waals surface area contributed by atoms with Gasteiger partial charge >= 0.3 is 5.78 Å². The van der Waals surface area contributed by atoms with E-state index in [0.29, 0.717) is 12.4 Å². The maximum Gasteiger partial charge on any atom is 0.301 e. The van der Waals surface area contributed by atoms with E-state index < -0.39 is 0 Å². The fraction of sp³-hybridized carbons (Fsp3) is 0.0741. The molecule has 6 aromatic rings. The molecule has 0 radical (unpaired) electrons. The minimum Gasteiger partial charge on any atom is -0.457 e. The SMILES string of the molecule is CN1CN(c2cccc(Oc3cccc(-c4ncc5ccccn45)c3)c2)c2c1oc1occc21. The molecule has 0 aliphatic carbocycles. The van der Waals surface area contributed by atoms with Crippen molar-refractivity contribution < 1.29 is 13.6 Å². The zero-order valence-corrected chi connectivity index (χ0v) is 18.4. The molecular weight excluding hydrogens is 428 g/mol. The number of pyridine rings is 1. The summed E-state index contributed by atoms with van der Waals surface area (Å²) in [6, 6.07) is 24.1. The normalized spacial score (nSPS) is 13.2. The van der Waals surface area contributed by atoms with E-state index in [0.717, 1.165) is 51.0 Å². The van der Waals surface area contributed by atoms with Crippen LogP contribution in [-0.4, -0.2) is 23.1 Å². The Morgan fingerprint density at radius 2 is 1.82 bits per heavy atom. The van der Waals surface area contributed by atoms with Crippen molar-refractivity contribution in [2.45, 2.75) is 0 Å². The summed E-state index contributed by atoms with van der Waals surface area (Å²) < 4.78 is 19.7. The minimum atomic E-state index is 0.539. The van der Waals surface area contributed by atoms with Crippen LogP contribution in [0.4, 0.5) is 17.3 Å². The Kier molecular flexibility index (Phi) is 3.99. The van der Waals surface area contributed by atoms with Crippen molar-refractivity contribution in [3.63, 3.8) is 0 Å². The molecule has 0 unspecified atom stereocenters. The maximum absolute atomic E-state index is 6.28. The highest BCUT2D eigenvalue weighted by molar-refractivity contribution is 6.00. The van der Waals surface area contributed by atoms with E-state index >= 15 is 0 Å². The van der Waals surface area contributed by atoms with Crippen LogP contribution in [-0.2, 0) is 0 Å². The summed E-state index contributed by atoms with van der Waals surface area (Å²) in [5.74, 6) is 3.73. The third-order valence-corrected chi connectivity index (χ3v) is 6.14. The molecule has 4 aromatic heterocycles. The van der Waals surface area contributed by atoms with Crippen LogP contribution in [0.5, 0.6) is 11.5 Å². The summed E-state index contributed by atoms with van der Waals surface area (Å²) in [4.78, 5) is 8.87. The number of ether oxygens (including phenoxy) is 1. The second kappa shape index (κ2) is 7.18. The number of furan rings is 2. The number of hydrogen-bond donors (Lipinski definition) is 0. The van der Waals surface area contributed by atoms with Gasteiger partial charge in [-0.25, -0.2) is 4.98 Å². The van der Waals surface area contributed by atoms with Gasteiger partial charge in [-0.1, -0.05) is 24.3 Å². The summed E-state index contributed by atoms with van der Waals surface area (Å²) in [6.07, 6.45) is 5.55. The highest BCUT2D eigenvalue weighted by atomic mass is 16.5. The molecule has 0 saturated heterocycles. The first-order valence-electron chi connectivity index (χ1n) is 11.0. The van der Waals surface area contributed by atoms with E-state index in [-0.39, 0.29) is 0 Å². The molecule has 1 aliphatic heterocycles. The number of aromatic nitrogens is 2. The van der Waals surface area contributed by atoms with Crippen LogP contribution < -0.4 is 14.5 Å². The van der Waals surface area contributed by atoms with Gasteiger partial charge in [0.05, 0.1) is 30.0 Å². The Morgan fingerprint density at radius 3 is 2.76 bits per heavy atom. The van der Waals surface area contributed by atoms with E-state index in [1.807, 2.05) is 86.2 Å². The molecule has 0 N–H and O–H groups in total. The van der Waals surface area contributed by atoms with Gasteiger partial charge in [-0.15, -0.1) is 0 Å². The van der Waals surface area contributed by atoms with Gasteiger partial charge in [0.15, 0.2) is 0 Å². The van der Waals surface area contributed by atoms with Gasteiger partial charge in [-0.2, -0.15) is 0 Å². The van der Waals surface area contributed by atoms with E-state index in [9.17, 15) is 0 Å². The highest BCUT2D eigenvalue weighted by Crippen LogP contribution is 2.48. The molecule has 34 heavy (non-hydrogen) atoms. The number of imidazole rings is 1. The molecule has 166 valence electrons. The Hall–Kier alpha value is -4.65. The molecule has 7 rings (SSSR count). The average molecular weight is 448 g/mol. The Labute approximate surface area is 195 Å². The Bertz CT molecular complexity index is 1660. The van der Waals surface area contributed by atoms with E-state index in [1.165, 1.54) is 0 Å². The first kappa shape index (κ1) is 18.9. The largest absolute Gasteiger partial charge is 0.457 e. The summed E-state index contributed by atoms with van der Waals surface area (Å²) >= 11 is 0. The van der Waals surface area contributed by atoms with E-state index in [1.54, 1.807) is 6.26 Å². The van der Waals surface area contributed by atoms with Crippen molar-refractivity contribution in [2.75, 3.05) is 23.5 Å². The zero-order chi connectivity index (χ0) is 22.6. The van der Waals surface area contributed by atoms with Gasteiger partial charge < -0.3 is 23.4 Å². The summed E-state index contributed by atoms with van der Waals surface area (Å²) in [7, 11) is 2.01. The van der Waals surface area contributed by atoms with Gasteiger partial charge in [0, 0.05) is 30.6 Å². The third-order valence-electron chi connectivity index (χ3n) is 6.14. The van der Waals surface area contributed by atoms with Crippen LogP contribution in [0.3, 0.4) is 0 Å². The predicted molar refractivity (Wildman–Crippen MR) is 131 cm³/mol. The van der Waals surface area contributed by atoms with Crippen molar-refractivity contribution in [3.8, 4) is 22.9 Å². The molecule has 1 aliphatic rings. The number of rotatable bonds is 4. The van der Waals surface area contributed by atoms with Gasteiger partial charge in [-0.3, -0.25) is 4.40 Å². The number of benzene rings is 2. The molecule has 7 heteroatoms. The van der Waals surface area contributed by atoms with Crippen LogP contribution >= 0.6 is 0 Å². The molecule has 0 amide bonds. The van der Waals surface area contributed by atoms with Crippen LogP contribution in [0.15, 0.2) is 100 Å². The lowest BCUT2D eigenvalue weighted by Gasteiger charge is -2.20. The number of nitrogens with zero attached hydrogens (tertiary/aromatic N) is 4. The van der Waals surface area contributed by atoms with E-state index in [4.69, 9.17) is 13.6 Å². The maximum atomic E-state index is 6.28. The lowest BCUT2D eigenvalue weighted by Crippen LogP contribution is -2.24. The first-order chi connectivity index (χ1) is 16.7. The second-order valence-corrected chi connectivity index (χ2v) is 8.35. The molecule has 7 nitrogen and oxygen atoms in total. The lowest BCUT2D eigenvalue weighted by molar-refractivity contribution is 0.479. The summed E-state index contributed by atoms with van der Waals surface area (Å²) in [5, 5.41) is 0.963. The van der Waals surface area contributed by atoms with Gasteiger partial charge in [0.2, 0.25) is 5.88 Å². The molecule has 2 aromatic carbocycles. The molecule has 0 saturated carbocycles. The molecule has 0 fully saturated rings. The third kappa shape index (κ3) is 2.87. The number of hydrogen-bond acceptors (Lipinski definition) is 6. The van der Waals surface area contributed by atoms with Crippen LogP contribution in [0, 0.1) is 0 Å². The zero-order valence-electron chi connectivity index (χ0n) is 18.4. The molecule has 5 heterocycles.